The molecule has 29 heavy (non-hydrogen) atoms. The van der Waals surface area contributed by atoms with Gasteiger partial charge in [0.05, 0.1) is 32.1 Å². The van der Waals surface area contributed by atoms with E-state index in [9.17, 15) is 14.7 Å². The summed E-state index contributed by atoms with van der Waals surface area (Å²) in [5.74, 6) is -0.699. The Morgan fingerprint density at radius 2 is 2.00 bits per heavy atom. The quantitative estimate of drug-likeness (QED) is 0.681. The number of aliphatic hydroxyl groups is 1. The molecule has 1 aliphatic heterocycles. The third-order valence-electron chi connectivity index (χ3n) is 4.81. The summed E-state index contributed by atoms with van der Waals surface area (Å²) in [6, 6.07) is 7.36. The van der Waals surface area contributed by atoms with Crippen molar-refractivity contribution in [3.8, 4) is 11.5 Å². The summed E-state index contributed by atoms with van der Waals surface area (Å²) in [6.45, 7) is 0.847. The molecule has 0 aliphatic carbocycles. The normalized spacial score (nSPS) is 16.7. The van der Waals surface area contributed by atoms with Gasteiger partial charge in [0.2, 0.25) is 5.78 Å². The largest absolute Gasteiger partial charge is 0.503 e. The SMILES string of the molecule is COc1ccc(OC)c([C@@H]2C(C(=O)c3ccco3)=C(O)C(=O)N2CCN(C)C)c1. The first-order chi connectivity index (χ1) is 13.9. The van der Waals surface area contributed by atoms with Crippen LogP contribution in [-0.4, -0.2) is 68.0 Å². The van der Waals surface area contributed by atoms with Crippen LogP contribution in [0.3, 0.4) is 0 Å². The lowest BCUT2D eigenvalue weighted by Gasteiger charge is -2.29. The van der Waals surface area contributed by atoms with E-state index in [1.54, 1.807) is 24.3 Å². The van der Waals surface area contributed by atoms with Gasteiger partial charge >= 0.3 is 0 Å². The molecule has 2 aromatic rings. The highest BCUT2D eigenvalue weighted by molar-refractivity contribution is 6.15. The van der Waals surface area contributed by atoms with Gasteiger partial charge in [0, 0.05) is 18.7 Å². The van der Waals surface area contributed by atoms with E-state index in [4.69, 9.17) is 13.9 Å². The van der Waals surface area contributed by atoms with Crippen LogP contribution in [0.2, 0.25) is 0 Å². The maximum absolute atomic E-state index is 13.1. The Morgan fingerprint density at radius 3 is 2.59 bits per heavy atom. The van der Waals surface area contributed by atoms with Crippen LogP contribution >= 0.6 is 0 Å². The molecule has 1 atom stereocenters. The number of furan rings is 1. The lowest BCUT2D eigenvalue weighted by molar-refractivity contribution is -0.129. The van der Waals surface area contributed by atoms with Gasteiger partial charge in [0.15, 0.2) is 11.5 Å². The van der Waals surface area contributed by atoms with Crippen molar-refractivity contribution in [3.05, 3.63) is 59.3 Å². The predicted octanol–water partition coefficient (Wildman–Crippen LogP) is 2.44. The molecule has 0 fully saturated rings. The second-order valence-electron chi connectivity index (χ2n) is 6.88. The Bertz CT molecular complexity index is 933. The number of benzene rings is 1. The monoisotopic (exact) mass is 400 g/mol. The van der Waals surface area contributed by atoms with Gasteiger partial charge in [-0.1, -0.05) is 0 Å². The standard InChI is InChI=1S/C21H24N2O6/c1-22(2)9-10-23-18(14-12-13(27-3)7-8-15(14)28-4)17(20(25)21(23)26)19(24)16-6-5-11-29-16/h5-8,11-12,18,25H,9-10H2,1-4H3/t18-/m1/s1. The molecule has 1 N–H and O–H groups in total. The molecule has 0 saturated heterocycles. The molecule has 0 spiro atoms. The maximum atomic E-state index is 13.1. The molecule has 0 saturated carbocycles. The lowest BCUT2D eigenvalue weighted by atomic mass is 9.94. The lowest BCUT2D eigenvalue weighted by Crippen LogP contribution is -2.36. The Hall–Kier alpha value is -3.26. The van der Waals surface area contributed by atoms with Crippen molar-refractivity contribution in [1.29, 1.82) is 0 Å². The van der Waals surface area contributed by atoms with E-state index >= 15 is 0 Å². The molecule has 8 heteroatoms. The van der Waals surface area contributed by atoms with E-state index in [1.165, 1.54) is 31.4 Å². The summed E-state index contributed by atoms with van der Waals surface area (Å²) in [7, 11) is 6.79. The fourth-order valence-electron chi connectivity index (χ4n) is 3.34. The van der Waals surface area contributed by atoms with Crippen LogP contribution in [0.4, 0.5) is 0 Å². The first-order valence-electron chi connectivity index (χ1n) is 9.08. The van der Waals surface area contributed by atoms with Crippen molar-refractivity contribution in [1.82, 2.24) is 9.80 Å². The van der Waals surface area contributed by atoms with Gasteiger partial charge in [-0.3, -0.25) is 9.59 Å². The number of Topliss-reactive ketones (excluding diaryl/α,β-unsaturated/α-hetero) is 1. The van der Waals surface area contributed by atoms with Crippen LogP contribution in [-0.2, 0) is 4.79 Å². The van der Waals surface area contributed by atoms with Crippen LogP contribution < -0.4 is 9.47 Å². The van der Waals surface area contributed by atoms with Crippen molar-refractivity contribution >= 4 is 11.7 Å². The number of ketones is 1. The molecule has 154 valence electrons. The zero-order chi connectivity index (χ0) is 21.1. The molecule has 2 heterocycles. The highest BCUT2D eigenvalue weighted by Crippen LogP contribution is 2.43. The average molecular weight is 400 g/mol. The number of rotatable bonds is 8. The molecule has 8 nitrogen and oxygen atoms in total. The third-order valence-corrected chi connectivity index (χ3v) is 4.81. The van der Waals surface area contributed by atoms with Crippen LogP contribution in [0, 0.1) is 0 Å². The average Bonchev–Trinajstić information content (AvgIpc) is 3.33. The highest BCUT2D eigenvalue weighted by Gasteiger charge is 2.45. The summed E-state index contributed by atoms with van der Waals surface area (Å²) in [5, 5.41) is 10.6. The molecule has 0 radical (unpaired) electrons. The number of likely N-dealkylation sites (N-methyl/N-ethyl adjacent to an activating group) is 1. The number of amides is 1. The van der Waals surface area contributed by atoms with Crippen molar-refractivity contribution in [2.75, 3.05) is 41.4 Å². The van der Waals surface area contributed by atoms with E-state index in [0.29, 0.717) is 30.2 Å². The number of carbonyl (C=O) groups is 2. The van der Waals surface area contributed by atoms with E-state index in [2.05, 4.69) is 0 Å². The second-order valence-corrected chi connectivity index (χ2v) is 6.88. The zero-order valence-electron chi connectivity index (χ0n) is 16.8. The van der Waals surface area contributed by atoms with Gasteiger partial charge in [-0.25, -0.2) is 0 Å². The van der Waals surface area contributed by atoms with Gasteiger partial charge in [0.1, 0.15) is 11.5 Å². The number of nitrogens with zero attached hydrogens (tertiary/aromatic N) is 2. The first kappa shape index (κ1) is 20.5. The zero-order valence-corrected chi connectivity index (χ0v) is 16.8. The Balaban J connectivity index is 2.15. The topological polar surface area (TPSA) is 92.4 Å². The first-order valence-corrected chi connectivity index (χ1v) is 9.08. The van der Waals surface area contributed by atoms with Crippen LogP contribution in [0.15, 0.2) is 52.3 Å². The molecule has 1 aromatic carbocycles. The van der Waals surface area contributed by atoms with Crippen molar-refractivity contribution in [2.45, 2.75) is 6.04 Å². The summed E-state index contributed by atoms with van der Waals surface area (Å²) in [4.78, 5) is 29.4. The number of methoxy groups -OCH3 is 2. The van der Waals surface area contributed by atoms with Crippen molar-refractivity contribution in [3.63, 3.8) is 0 Å². The van der Waals surface area contributed by atoms with E-state index in [-0.39, 0.29) is 11.3 Å². The fourth-order valence-corrected chi connectivity index (χ4v) is 3.34. The molecular weight excluding hydrogens is 376 g/mol. The number of hydrogen-bond acceptors (Lipinski definition) is 7. The third kappa shape index (κ3) is 3.84. The maximum Gasteiger partial charge on any atom is 0.290 e. The van der Waals surface area contributed by atoms with Gasteiger partial charge in [-0.15, -0.1) is 0 Å². The smallest absolute Gasteiger partial charge is 0.290 e. The number of carbonyl (C=O) groups excluding carboxylic acids is 2. The number of ether oxygens (including phenoxy) is 2. The van der Waals surface area contributed by atoms with E-state index in [1.807, 2.05) is 19.0 Å². The highest BCUT2D eigenvalue weighted by atomic mass is 16.5. The van der Waals surface area contributed by atoms with Crippen molar-refractivity contribution in [2.24, 2.45) is 0 Å². The molecule has 1 amide bonds. The summed E-state index contributed by atoms with van der Waals surface area (Å²) >= 11 is 0. The minimum absolute atomic E-state index is 0.0423. The Morgan fingerprint density at radius 1 is 1.24 bits per heavy atom. The summed E-state index contributed by atoms with van der Waals surface area (Å²) in [5.41, 5.74) is 0.494. The van der Waals surface area contributed by atoms with Gasteiger partial charge in [-0.05, 0) is 44.4 Å². The molecule has 1 aromatic heterocycles. The minimum atomic E-state index is -0.843. The van der Waals surface area contributed by atoms with Gasteiger partial charge in [-0.2, -0.15) is 0 Å². The molecule has 1 aliphatic rings. The molecule has 0 bridgehead atoms. The fraction of sp³-hybridized carbons (Fsp3) is 0.333. The predicted molar refractivity (Wildman–Crippen MR) is 105 cm³/mol. The molecule has 3 rings (SSSR count). The molecular formula is C21H24N2O6. The van der Waals surface area contributed by atoms with Gasteiger partial charge < -0.3 is 28.8 Å². The van der Waals surface area contributed by atoms with E-state index in [0.717, 1.165) is 0 Å². The Kier molecular flexibility index (Phi) is 5.93. The summed E-state index contributed by atoms with van der Waals surface area (Å²) in [6.07, 6.45) is 1.37. The molecule has 0 unspecified atom stereocenters. The van der Waals surface area contributed by atoms with Gasteiger partial charge in [0.25, 0.3) is 5.91 Å². The minimum Gasteiger partial charge on any atom is -0.503 e. The van der Waals surface area contributed by atoms with Crippen LogP contribution in [0.5, 0.6) is 11.5 Å². The Labute approximate surface area is 168 Å². The van der Waals surface area contributed by atoms with Crippen LogP contribution in [0.25, 0.3) is 0 Å². The van der Waals surface area contributed by atoms with E-state index < -0.39 is 23.5 Å². The second kappa shape index (κ2) is 8.40. The number of hydrogen-bond donors (Lipinski definition) is 1. The summed E-state index contributed by atoms with van der Waals surface area (Å²) < 4.78 is 16.0. The van der Waals surface area contributed by atoms with Crippen molar-refractivity contribution < 1.29 is 28.6 Å². The number of aliphatic hydroxyl groups excluding tert-OH is 1. The van der Waals surface area contributed by atoms with Crippen LogP contribution in [0.1, 0.15) is 22.2 Å².